The first-order valence-electron chi connectivity index (χ1n) is 7.52. The molecule has 1 atom stereocenters. The molecule has 24 heavy (non-hydrogen) atoms. The SMILES string of the molecule is CCOP(=O)(COC(C)Cn1cnc2c(Cl)nc(N)nc21)OCC. The number of hydrogen-bond donors (Lipinski definition) is 1. The zero-order valence-electron chi connectivity index (χ0n) is 13.8. The van der Waals surface area contributed by atoms with Crippen molar-refractivity contribution in [3.05, 3.63) is 11.5 Å². The summed E-state index contributed by atoms with van der Waals surface area (Å²) in [5.41, 5.74) is 6.60. The molecule has 2 rings (SSSR count). The highest BCUT2D eigenvalue weighted by Gasteiger charge is 2.25. The summed E-state index contributed by atoms with van der Waals surface area (Å²) in [7, 11) is -3.24. The van der Waals surface area contributed by atoms with Crippen molar-refractivity contribution >= 4 is 36.3 Å². The van der Waals surface area contributed by atoms with E-state index in [-0.39, 0.29) is 36.8 Å². The van der Waals surface area contributed by atoms with Gasteiger partial charge in [0.2, 0.25) is 5.95 Å². The fourth-order valence-electron chi connectivity index (χ4n) is 2.11. The number of imidazole rings is 1. The van der Waals surface area contributed by atoms with E-state index in [1.165, 1.54) is 0 Å². The molecule has 0 aliphatic carbocycles. The van der Waals surface area contributed by atoms with E-state index in [4.69, 9.17) is 31.1 Å². The number of nitrogens with two attached hydrogens (primary N) is 1. The van der Waals surface area contributed by atoms with Crippen LogP contribution in [0.2, 0.25) is 5.15 Å². The summed E-state index contributed by atoms with van der Waals surface area (Å²) >= 11 is 5.99. The molecule has 0 radical (unpaired) electrons. The van der Waals surface area contributed by atoms with E-state index in [1.54, 1.807) is 24.7 Å². The van der Waals surface area contributed by atoms with E-state index in [0.29, 0.717) is 17.7 Å². The first kappa shape index (κ1) is 19.1. The third-order valence-corrected chi connectivity index (χ3v) is 5.09. The van der Waals surface area contributed by atoms with Gasteiger partial charge in [0, 0.05) is 0 Å². The zero-order valence-corrected chi connectivity index (χ0v) is 15.5. The molecule has 1 unspecified atom stereocenters. The van der Waals surface area contributed by atoms with Crippen molar-refractivity contribution in [2.75, 3.05) is 25.3 Å². The molecule has 0 amide bonds. The molecule has 0 aromatic carbocycles. The van der Waals surface area contributed by atoms with Gasteiger partial charge in [-0.1, -0.05) is 11.6 Å². The summed E-state index contributed by atoms with van der Waals surface area (Å²) in [4.78, 5) is 12.2. The lowest BCUT2D eigenvalue weighted by Gasteiger charge is -2.20. The molecule has 0 aliphatic heterocycles. The van der Waals surface area contributed by atoms with E-state index in [0.717, 1.165) is 0 Å². The molecule has 2 aromatic heterocycles. The Kier molecular flexibility index (Phi) is 6.54. The van der Waals surface area contributed by atoms with Gasteiger partial charge in [0.15, 0.2) is 10.8 Å². The van der Waals surface area contributed by atoms with Gasteiger partial charge in [-0.15, -0.1) is 0 Å². The molecule has 2 aromatic rings. The number of rotatable bonds is 9. The van der Waals surface area contributed by atoms with Crippen LogP contribution < -0.4 is 5.73 Å². The van der Waals surface area contributed by atoms with Crippen LogP contribution in [0.5, 0.6) is 0 Å². The quantitative estimate of drug-likeness (QED) is 0.524. The first-order chi connectivity index (χ1) is 11.4. The highest BCUT2D eigenvalue weighted by molar-refractivity contribution is 7.53. The molecule has 11 heteroatoms. The lowest BCUT2D eigenvalue weighted by Crippen LogP contribution is -2.18. The van der Waals surface area contributed by atoms with Crippen LogP contribution in [0.3, 0.4) is 0 Å². The van der Waals surface area contributed by atoms with Gasteiger partial charge in [-0.3, -0.25) is 4.57 Å². The summed E-state index contributed by atoms with van der Waals surface area (Å²) in [5.74, 6) is 0.0695. The second-order valence-electron chi connectivity index (χ2n) is 4.99. The van der Waals surface area contributed by atoms with Gasteiger partial charge in [0.25, 0.3) is 0 Å². The number of fused-ring (bicyclic) bond motifs is 1. The average molecular weight is 378 g/mol. The van der Waals surface area contributed by atoms with Crippen LogP contribution in [0.25, 0.3) is 11.2 Å². The summed E-state index contributed by atoms with van der Waals surface area (Å²) in [6.07, 6.45) is 1.17. The Hall–Kier alpha value is -1.25. The largest absolute Gasteiger partial charge is 0.368 e. The second-order valence-corrected chi connectivity index (χ2v) is 7.35. The number of anilines is 1. The van der Waals surface area contributed by atoms with Crippen LogP contribution in [0.4, 0.5) is 5.95 Å². The van der Waals surface area contributed by atoms with Crippen molar-refractivity contribution in [1.29, 1.82) is 0 Å². The Labute approximate surface area is 145 Å². The predicted molar refractivity (Wildman–Crippen MR) is 91.0 cm³/mol. The Morgan fingerprint density at radius 3 is 2.62 bits per heavy atom. The molecular formula is C13H21ClN5O4P. The molecule has 0 saturated heterocycles. The van der Waals surface area contributed by atoms with Crippen LogP contribution in [0.15, 0.2) is 6.33 Å². The van der Waals surface area contributed by atoms with Crippen molar-refractivity contribution in [3.63, 3.8) is 0 Å². The van der Waals surface area contributed by atoms with Gasteiger partial charge in [0.05, 0.1) is 32.2 Å². The first-order valence-corrected chi connectivity index (χ1v) is 9.62. The van der Waals surface area contributed by atoms with Crippen molar-refractivity contribution in [3.8, 4) is 0 Å². The summed E-state index contributed by atoms with van der Waals surface area (Å²) in [5, 5.41) is 0.196. The van der Waals surface area contributed by atoms with Gasteiger partial charge >= 0.3 is 7.60 Å². The van der Waals surface area contributed by atoms with Crippen molar-refractivity contribution in [2.45, 2.75) is 33.4 Å². The van der Waals surface area contributed by atoms with Gasteiger partial charge in [0.1, 0.15) is 11.9 Å². The molecule has 0 spiro atoms. The van der Waals surface area contributed by atoms with Crippen LogP contribution in [0.1, 0.15) is 20.8 Å². The molecule has 2 heterocycles. The van der Waals surface area contributed by atoms with E-state index in [9.17, 15) is 4.57 Å². The smallest absolute Gasteiger partial charge is 0.356 e. The summed E-state index contributed by atoms with van der Waals surface area (Å²) in [6, 6.07) is 0. The van der Waals surface area contributed by atoms with Crippen molar-refractivity contribution in [1.82, 2.24) is 19.5 Å². The third-order valence-electron chi connectivity index (χ3n) is 3.06. The molecule has 2 N–H and O–H groups in total. The minimum atomic E-state index is -3.24. The van der Waals surface area contributed by atoms with Crippen LogP contribution >= 0.6 is 19.2 Å². The number of hydrogen-bond acceptors (Lipinski definition) is 8. The van der Waals surface area contributed by atoms with Gasteiger partial charge in [-0.05, 0) is 20.8 Å². The minimum absolute atomic E-state index is 0.0695. The maximum Gasteiger partial charge on any atom is 0.356 e. The lowest BCUT2D eigenvalue weighted by molar-refractivity contribution is 0.0672. The third kappa shape index (κ3) is 4.64. The lowest BCUT2D eigenvalue weighted by atomic mass is 10.4. The summed E-state index contributed by atoms with van der Waals surface area (Å²) in [6.45, 7) is 6.33. The van der Waals surface area contributed by atoms with Crippen LogP contribution in [-0.4, -0.2) is 45.2 Å². The molecule has 9 nitrogen and oxygen atoms in total. The topological polar surface area (TPSA) is 114 Å². The fourth-order valence-corrected chi connectivity index (χ4v) is 3.78. The highest BCUT2D eigenvalue weighted by atomic mass is 35.5. The molecular weight excluding hydrogens is 357 g/mol. The predicted octanol–water partition coefficient (Wildman–Crippen LogP) is 2.69. The second kappa shape index (κ2) is 8.22. The van der Waals surface area contributed by atoms with E-state index in [2.05, 4.69) is 15.0 Å². The maximum atomic E-state index is 12.4. The van der Waals surface area contributed by atoms with Crippen LogP contribution in [0, 0.1) is 0 Å². The van der Waals surface area contributed by atoms with Gasteiger partial charge in [-0.2, -0.15) is 9.97 Å². The molecule has 0 bridgehead atoms. The molecule has 134 valence electrons. The monoisotopic (exact) mass is 377 g/mol. The summed E-state index contributed by atoms with van der Waals surface area (Å²) < 4.78 is 30.1. The van der Waals surface area contributed by atoms with Gasteiger partial charge < -0.3 is 24.1 Å². The normalized spacial score (nSPS) is 13.5. The van der Waals surface area contributed by atoms with E-state index < -0.39 is 7.60 Å². The van der Waals surface area contributed by atoms with E-state index >= 15 is 0 Å². The fraction of sp³-hybridized carbons (Fsp3) is 0.615. The number of aromatic nitrogens is 4. The Balaban J connectivity index is 2.05. The Bertz CT molecular complexity index is 730. The Morgan fingerprint density at radius 2 is 2.00 bits per heavy atom. The molecule has 0 fully saturated rings. The van der Waals surface area contributed by atoms with Gasteiger partial charge in [-0.25, -0.2) is 4.98 Å². The number of halogens is 1. The van der Waals surface area contributed by atoms with E-state index in [1.807, 2.05) is 6.92 Å². The number of nitrogens with zero attached hydrogens (tertiary/aromatic N) is 4. The number of ether oxygens (including phenoxy) is 1. The van der Waals surface area contributed by atoms with Crippen molar-refractivity contribution < 1.29 is 18.3 Å². The standard InChI is InChI=1S/C13H21ClN5O4P/c1-4-22-24(20,23-5-2)8-21-9(3)6-19-7-16-10-11(14)17-13(15)18-12(10)19/h7,9H,4-6,8H2,1-3H3,(H2,15,17,18). The van der Waals surface area contributed by atoms with Crippen molar-refractivity contribution in [2.24, 2.45) is 0 Å². The number of nitrogen functional groups attached to an aromatic ring is 1. The maximum absolute atomic E-state index is 12.4. The molecule has 0 saturated carbocycles. The highest BCUT2D eigenvalue weighted by Crippen LogP contribution is 2.48. The molecule has 0 aliphatic rings. The average Bonchev–Trinajstić information content (AvgIpc) is 2.89. The zero-order chi connectivity index (χ0) is 17.7. The Morgan fingerprint density at radius 1 is 1.33 bits per heavy atom. The minimum Gasteiger partial charge on any atom is -0.368 e. The van der Waals surface area contributed by atoms with Crippen LogP contribution in [-0.2, 0) is 24.9 Å².